The monoisotopic (exact) mass is 487 g/mol. The average Bonchev–Trinajstić information content (AvgIpc) is 2.79. The second-order valence-electron chi connectivity index (χ2n) is 9.30. The van der Waals surface area contributed by atoms with Gasteiger partial charge in [0.2, 0.25) is 11.8 Å². The summed E-state index contributed by atoms with van der Waals surface area (Å²) < 4.78 is 11.1. The molecule has 2 amide bonds. The van der Waals surface area contributed by atoms with Crippen molar-refractivity contribution in [2.75, 3.05) is 7.11 Å². The van der Waals surface area contributed by atoms with Crippen LogP contribution in [0.15, 0.2) is 48.1 Å². The van der Waals surface area contributed by atoms with E-state index in [0.29, 0.717) is 24.8 Å². The first-order valence-corrected chi connectivity index (χ1v) is 12.1. The van der Waals surface area contributed by atoms with Gasteiger partial charge in [0.25, 0.3) is 0 Å². The highest BCUT2D eigenvalue weighted by molar-refractivity contribution is 5.97. The van der Waals surface area contributed by atoms with E-state index < -0.39 is 36.1 Å². The lowest BCUT2D eigenvalue weighted by Crippen LogP contribution is -2.41. The number of carbonyl (C=O) groups is 4. The Morgan fingerprint density at radius 3 is 2.54 bits per heavy atom. The van der Waals surface area contributed by atoms with Crippen LogP contribution in [0.4, 0.5) is 0 Å². The zero-order valence-corrected chi connectivity index (χ0v) is 20.9. The molecule has 0 saturated carbocycles. The van der Waals surface area contributed by atoms with Gasteiger partial charge in [0.15, 0.2) is 5.78 Å². The summed E-state index contributed by atoms with van der Waals surface area (Å²) in [5.41, 5.74) is 0.651. The van der Waals surface area contributed by atoms with Gasteiger partial charge in [-0.05, 0) is 43.8 Å². The Balaban J connectivity index is 2.12. The third kappa shape index (κ3) is 9.03. The molecule has 2 rings (SSSR count). The zero-order valence-electron chi connectivity index (χ0n) is 20.9. The lowest BCUT2D eigenvalue weighted by Gasteiger charge is -2.31. The number of amides is 2. The van der Waals surface area contributed by atoms with Gasteiger partial charge in [-0.3, -0.25) is 19.7 Å². The van der Waals surface area contributed by atoms with Crippen LogP contribution in [-0.4, -0.2) is 54.1 Å². The van der Waals surface area contributed by atoms with Gasteiger partial charge >= 0.3 is 5.97 Å². The van der Waals surface area contributed by atoms with Crippen LogP contribution in [0.5, 0.6) is 0 Å². The number of nitrogens with one attached hydrogen (secondary N) is 1. The largest absolute Gasteiger partial charge is 0.454 e. The predicted molar refractivity (Wildman–Crippen MR) is 131 cm³/mol. The van der Waals surface area contributed by atoms with Gasteiger partial charge in [0.1, 0.15) is 12.2 Å². The van der Waals surface area contributed by atoms with Crippen molar-refractivity contribution in [1.82, 2.24) is 5.32 Å². The minimum Gasteiger partial charge on any atom is -0.454 e. The first kappa shape index (κ1) is 28.4. The molecular weight excluding hydrogens is 450 g/mol. The van der Waals surface area contributed by atoms with Crippen molar-refractivity contribution in [3.05, 3.63) is 48.1 Å². The van der Waals surface area contributed by atoms with Crippen molar-refractivity contribution in [3.63, 3.8) is 0 Å². The summed E-state index contributed by atoms with van der Waals surface area (Å²) in [4.78, 5) is 48.0. The number of aliphatic hydroxyl groups excluding tert-OH is 1. The van der Waals surface area contributed by atoms with Crippen LogP contribution in [0.1, 0.15) is 52.9 Å². The Labute approximate surface area is 207 Å². The van der Waals surface area contributed by atoms with Gasteiger partial charge in [0, 0.05) is 37.9 Å². The van der Waals surface area contributed by atoms with Gasteiger partial charge in [-0.15, -0.1) is 0 Å². The number of esters is 1. The van der Waals surface area contributed by atoms with Gasteiger partial charge in [-0.2, -0.15) is 0 Å². The van der Waals surface area contributed by atoms with E-state index in [1.54, 1.807) is 39.0 Å². The van der Waals surface area contributed by atoms with Crippen molar-refractivity contribution < 1.29 is 33.8 Å². The molecule has 5 atom stereocenters. The molecule has 2 aliphatic rings. The number of allylic oxidation sites excluding steroid dienone is 5. The molecular formula is C27H37NO7. The highest BCUT2D eigenvalue weighted by Crippen LogP contribution is 2.25. The smallest absolute Gasteiger partial charge is 0.331 e. The Morgan fingerprint density at radius 2 is 1.89 bits per heavy atom. The second kappa shape index (κ2) is 13.9. The number of carbonyl (C=O) groups excluding carboxylic acids is 4. The fourth-order valence-electron chi connectivity index (χ4n) is 4.31. The molecule has 0 radical (unpaired) electrons. The minimum atomic E-state index is -0.929. The van der Waals surface area contributed by atoms with Crippen molar-refractivity contribution in [1.29, 1.82) is 0 Å². The molecule has 0 unspecified atom stereocenters. The lowest BCUT2D eigenvalue weighted by molar-refractivity contribution is -0.147. The Morgan fingerprint density at radius 1 is 1.23 bits per heavy atom. The third-order valence-electron chi connectivity index (χ3n) is 6.34. The number of imide groups is 1. The molecule has 1 saturated heterocycles. The molecule has 2 N–H and O–H groups in total. The van der Waals surface area contributed by atoms with E-state index in [1.807, 2.05) is 12.2 Å². The number of ether oxygens (including phenoxy) is 2. The van der Waals surface area contributed by atoms with E-state index in [4.69, 9.17) is 9.47 Å². The van der Waals surface area contributed by atoms with E-state index in [9.17, 15) is 24.3 Å². The normalized spacial score (nSPS) is 28.3. The van der Waals surface area contributed by atoms with Gasteiger partial charge in [0.05, 0.1) is 6.10 Å². The number of rotatable bonds is 7. The number of piperidine rings is 1. The summed E-state index contributed by atoms with van der Waals surface area (Å²) in [5, 5.41) is 13.2. The molecule has 35 heavy (non-hydrogen) atoms. The van der Waals surface area contributed by atoms with Crippen LogP contribution >= 0.6 is 0 Å². The number of methoxy groups -OCH3 is 1. The van der Waals surface area contributed by atoms with Gasteiger partial charge < -0.3 is 14.6 Å². The molecule has 2 aliphatic heterocycles. The fourth-order valence-corrected chi connectivity index (χ4v) is 4.31. The third-order valence-corrected chi connectivity index (χ3v) is 6.34. The Hall–Kier alpha value is -2.84. The summed E-state index contributed by atoms with van der Waals surface area (Å²) in [7, 11) is 1.52. The van der Waals surface area contributed by atoms with Crippen LogP contribution in [0.25, 0.3) is 0 Å². The van der Waals surface area contributed by atoms with Crippen molar-refractivity contribution >= 4 is 23.6 Å². The average molecular weight is 488 g/mol. The van der Waals surface area contributed by atoms with Gasteiger partial charge in [-0.1, -0.05) is 44.2 Å². The quantitative estimate of drug-likeness (QED) is 0.245. The molecule has 8 nitrogen and oxygen atoms in total. The lowest BCUT2D eigenvalue weighted by atomic mass is 9.87. The maximum atomic E-state index is 12.7. The molecule has 0 aromatic rings. The van der Waals surface area contributed by atoms with E-state index >= 15 is 0 Å². The molecule has 0 bridgehead atoms. The van der Waals surface area contributed by atoms with Crippen LogP contribution in [0.2, 0.25) is 0 Å². The van der Waals surface area contributed by atoms with E-state index in [1.165, 1.54) is 19.3 Å². The second-order valence-corrected chi connectivity index (χ2v) is 9.30. The molecule has 1 fully saturated rings. The standard InChI is InChI=1S/C27H37NO7/c1-17(21(29)11-9-10-20-15-23(30)28-24(31)16-20)14-18(2)27-19(3)26(33)22(34-4)12-7-5-6-8-13-25(32)35-27/h7-9,11-14,17,19-20,22,26-27,33H,5-6,10,15-16H2,1-4H3,(H,28,30,31)/b11-9+,12-7?,13-8?,18-14+/t17-,19-,22-,26-,27-/m0/s1. The van der Waals surface area contributed by atoms with E-state index in [-0.39, 0.29) is 36.4 Å². The maximum Gasteiger partial charge on any atom is 0.331 e. The van der Waals surface area contributed by atoms with Crippen LogP contribution in [0, 0.1) is 17.8 Å². The number of cyclic esters (lactones) is 1. The molecule has 0 aliphatic carbocycles. The first-order valence-electron chi connectivity index (χ1n) is 12.1. The molecule has 192 valence electrons. The fraction of sp³-hybridized carbons (Fsp3) is 0.556. The first-order chi connectivity index (χ1) is 16.6. The summed E-state index contributed by atoms with van der Waals surface area (Å²) in [6, 6.07) is 0. The number of ketones is 1. The highest BCUT2D eigenvalue weighted by Gasteiger charge is 2.33. The number of hydrogen-bond donors (Lipinski definition) is 2. The number of aliphatic hydroxyl groups is 1. The zero-order chi connectivity index (χ0) is 26.0. The molecule has 0 aromatic carbocycles. The topological polar surface area (TPSA) is 119 Å². The maximum absolute atomic E-state index is 12.7. The van der Waals surface area contributed by atoms with Crippen molar-refractivity contribution in [2.24, 2.45) is 17.8 Å². The molecule has 0 aromatic heterocycles. The SMILES string of the molecule is CO[C@H]1C=CCCC=CC(=O)O[C@@H](/C(C)=C/[C@H](C)C(=O)/C=C/CC2CC(=O)NC(=O)C2)[C@@H](C)[C@@H]1O. The van der Waals surface area contributed by atoms with E-state index in [2.05, 4.69) is 5.32 Å². The highest BCUT2D eigenvalue weighted by atomic mass is 16.5. The van der Waals surface area contributed by atoms with Crippen LogP contribution in [-0.2, 0) is 28.7 Å². The Kier molecular flexibility index (Phi) is 11.3. The summed E-state index contributed by atoms with van der Waals surface area (Å²) in [6.45, 7) is 5.30. The molecule has 8 heteroatoms. The molecule has 2 heterocycles. The summed E-state index contributed by atoms with van der Waals surface area (Å²) in [5.74, 6) is -2.34. The number of hydrogen-bond acceptors (Lipinski definition) is 7. The van der Waals surface area contributed by atoms with Crippen LogP contribution in [0.3, 0.4) is 0 Å². The summed E-state index contributed by atoms with van der Waals surface area (Å²) in [6.07, 6.45) is 11.9. The molecule has 0 spiro atoms. The van der Waals surface area contributed by atoms with Crippen LogP contribution < -0.4 is 5.32 Å². The van der Waals surface area contributed by atoms with Crippen molar-refractivity contribution in [2.45, 2.75) is 71.2 Å². The van der Waals surface area contributed by atoms with Crippen molar-refractivity contribution in [3.8, 4) is 0 Å². The summed E-state index contributed by atoms with van der Waals surface area (Å²) >= 11 is 0. The van der Waals surface area contributed by atoms with Gasteiger partial charge in [-0.25, -0.2) is 4.79 Å². The predicted octanol–water partition coefficient (Wildman–Crippen LogP) is 2.97. The Bertz CT molecular complexity index is 885. The van der Waals surface area contributed by atoms with E-state index in [0.717, 1.165) is 0 Å². The minimum absolute atomic E-state index is 0.110.